The van der Waals surface area contributed by atoms with Gasteiger partial charge < -0.3 is 5.32 Å². The molecule has 1 aromatic heterocycles. The van der Waals surface area contributed by atoms with E-state index in [0.29, 0.717) is 12.1 Å². The molecule has 4 heteroatoms. The summed E-state index contributed by atoms with van der Waals surface area (Å²) in [5.41, 5.74) is 2.52. The first-order valence-corrected chi connectivity index (χ1v) is 5.22. The van der Waals surface area contributed by atoms with E-state index in [1.165, 1.54) is 0 Å². The molecule has 0 aliphatic heterocycles. The first-order valence-electron chi connectivity index (χ1n) is 5.22. The van der Waals surface area contributed by atoms with E-state index in [1.54, 1.807) is 23.1 Å². The summed E-state index contributed by atoms with van der Waals surface area (Å²) in [7, 11) is 0. The maximum Gasteiger partial charge on any atom is 0.101 e. The number of benzene rings is 1. The smallest absolute Gasteiger partial charge is 0.101 e. The molecule has 0 aliphatic rings. The van der Waals surface area contributed by atoms with Crippen LogP contribution in [0.3, 0.4) is 0 Å². The van der Waals surface area contributed by atoms with Crippen molar-refractivity contribution in [2.75, 3.05) is 5.32 Å². The predicted molar refractivity (Wildman–Crippen MR) is 67.1 cm³/mol. The minimum atomic E-state index is 0.631. The molecule has 0 spiro atoms. The number of hydrogen-bond donors (Lipinski definition) is 1. The molecule has 4 nitrogen and oxygen atoms in total. The third-order valence-corrected chi connectivity index (χ3v) is 2.37. The Labute approximate surface area is 99.8 Å². The number of nitriles is 1. The van der Waals surface area contributed by atoms with E-state index in [9.17, 15) is 0 Å². The molecule has 17 heavy (non-hydrogen) atoms. The summed E-state index contributed by atoms with van der Waals surface area (Å²) in [5.74, 6) is 0. The van der Waals surface area contributed by atoms with Crippen LogP contribution in [-0.4, -0.2) is 9.78 Å². The van der Waals surface area contributed by atoms with Crippen molar-refractivity contribution in [2.24, 2.45) is 0 Å². The van der Waals surface area contributed by atoms with Crippen molar-refractivity contribution in [1.29, 1.82) is 5.26 Å². The van der Waals surface area contributed by atoms with Gasteiger partial charge in [-0.15, -0.1) is 0 Å². The number of aromatic nitrogens is 2. The van der Waals surface area contributed by atoms with Crippen LogP contribution in [0.2, 0.25) is 0 Å². The normalized spacial score (nSPS) is 9.59. The van der Waals surface area contributed by atoms with Crippen molar-refractivity contribution in [3.8, 4) is 6.07 Å². The minimum absolute atomic E-state index is 0.631. The lowest BCUT2D eigenvalue weighted by Gasteiger charge is -2.05. The third kappa shape index (κ3) is 2.52. The lowest BCUT2D eigenvalue weighted by molar-refractivity contribution is 0.936. The van der Waals surface area contributed by atoms with Crippen LogP contribution in [0.4, 0.5) is 5.69 Å². The second kappa shape index (κ2) is 4.99. The van der Waals surface area contributed by atoms with Crippen molar-refractivity contribution in [3.05, 3.63) is 54.4 Å². The van der Waals surface area contributed by atoms with Crippen molar-refractivity contribution in [3.63, 3.8) is 0 Å². The molecule has 1 aromatic carbocycles. The molecule has 1 heterocycles. The van der Waals surface area contributed by atoms with Crippen molar-refractivity contribution in [2.45, 2.75) is 6.54 Å². The maximum absolute atomic E-state index is 8.94. The maximum atomic E-state index is 8.94. The second-order valence-corrected chi connectivity index (χ2v) is 3.52. The van der Waals surface area contributed by atoms with E-state index in [4.69, 9.17) is 5.26 Å². The first-order chi connectivity index (χ1) is 8.33. The molecule has 0 atom stereocenters. The van der Waals surface area contributed by atoms with Gasteiger partial charge in [0.1, 0.15) is 6.07 Å². The van der Waals surface area contributed by atoms with Crippen LogP contribution in [0, 0.1) is 11.3 Å². The van der Waals surface area contributed by atoms with Crippen LogP contribution in [-0.2, 0) is 6.54 Å². The summed E-state index contributed by atoms with van der Waals surface area (Å²) in [6, 6.07) is 9.57. The van der Waals surface area contributed by atoms with E-state index in [0.717, 1.165) is 11.3 Å². The van der Waals surface area contributed by atoms with Gasteiger partial charge in [-0.05, 0) is 12.1 Å². The number of para-hydroxylation sites is 1. The number of anilines is 1. The van der Waals surface area contributed by atoms with Gasteiger partial charge >= 0.3 is 0 Å². The Morgan fingerprint density at radius 2 is 2.29 bits per heavy atom. The highest BCUT2D eigenvalue weighted by atomic mass is 15.2. The van der Waals surface area contributed by atoms with E-state index in [-0.39, 0.29) is 0 Å². The van der Waals surface area contributed by atoms with Gasteiger partial charge in [0.15, 0.2) is 0 Å². The van der Waals surface area contributed by atoms with Crippen LogP contribution < -0.4 is 5.32 Å². The fourth-order valence-electron chi connectivity index (χ4n) is 1.50. The van der Waals surface area contributed by atoms with Gasteiger partial charge in [-0.25, -0.2) is 4.68 Å². The molecule has 0 amide bonds. The summed E-state index contributed by atoms with van der Waals surface area (Å²) in [6.07, 6.45) is 5.28. The highest BCUT2D eigenvalue weighted by Gasteiger charge is 2.01. The number of nitrogens with zero attached hydrogens (tertiary/aromatic N) is 3. The minimum Gasteiger partial charge on any atom is -0.380 e. The zero-order chi connectivity index (χ0) is 12.1. The van der Waals surface area contributed by atoms with Gasteiger partial charge in [0, 0.05) is 24.5 Å². The number of nitrogens with one attached hydrogen (secondary N) is 1. The molecule has 0 saturated heterocycles. The average Bonchev–Trinajstić information content (AvgIpc) is 2.84. The Bertz CT molecular complexity index is 563. The number of rotatable bonds is 4. The molecule has 0 aliphatic carbocycles. The molecule has 2 rings (SSSR count). The Morgan fingerprint density at radius 3 is 3.00 bits per heavy atom. The van der Waals surface area contributed by atoms with Gasteiger partial charge in [-0.2, -0.15) is 10.4 Å². The quantitative estimate of drug-likeness (QED) is 0.867. The largest absolute Gasteiger partial charge is 0.380 e. The van der Waals surface area contributed by atoms with E-state index in [2.05, 4.69) is 23.1 Å². The first kappa shape index (κ1) is 11.0. The van der Waals surface area contributed by atoms with Gasteiger partial charge in [0.25, 0.3) is 0 Å². The summed E-state index contributed by atoms with van der Waals surface area (Å²) < 4.78 is 1.65. The fourth-order valence-corrected chi connectivity index (χ4v) is 1.50. The standard InChI is InChI=1S/C13H12N4/c1-2-17-10-11(9-16-17)8-15-13-6-4-3-5-12(13)7-14/h2-6,9-10,15H,1,8H2. The molecule has 2 aromatic rings. The third-order valence-electron chi connectivity index (χ3n) is 2.37. The highest BCUT2D eigenvalue weighted by molar-refractivity contribution is 5.57. The zero-order valence-electron chi connectivity index (χ0n) is 9.30. The molecule has 0 unspecified atom stereocenters. The SMILES string of the molecule is C=Cn1cc(CNc2ccccc2C#N)cn1. The molecular formula is C13H12N4. The Balaban J connectivity index is 2.07. The van der Waals surface area contributed by atoms with Gasteiger partial charge in [-0.3, -0.25) is 0 Å². The summed E-state index contributed by atoms with van der Waals surface area (Å²) >= 11 is 0. The topological polar surface area (TPSA) is 53.6 Å². The predicted octanol–water partition coefficient (Wildman–Crippen LogP) is 2.47. The lowest BCUT2D eigenvalue weighted by Crippen LogP contribution is -2.00. The Morgan fingerprint density at radius 1 is 1.47 bits per heavy atom. The van der Waals surface area contributed by atoms with E-state index < -0.39 is 0 Å². The molecular weight excluding hydrogens is 212 g/mol. The van der Waals surface area contributed by atoms with Crippen LogP contribution in [0.1, 0.15) is 11.1 Å². The lowest BCUT2D eigenvalue weighted by atomic mass is 10.2. The second-order valence-electron chi connectivity index (χ2n) is 3.52. The van der Waals surface area contributed by atoms with Gasteiger partial charge in [0.05, 0.1) is 17.4 Å². The van der Waals surface area contributed by atoms with Crippen LogP contribution >= 0.6 is 0 Å². The molecule has 0 radical (unpaired) electrons. The summed E-state index contributed by atoms with van der Waals surface area (Å²) in [4.78, 5) is 0. The fraction of sp³-hybridized carbons (Fsp3) is 0.0769. The zero-order valence-corrected chi connectivity index (χ0v) is 9.30. The summed E-state index contributed by atoms with van der Waals surface area (Å²) in [5, 5.41) is 16.2. The Kier molecular flexibility index (Phi) is 3.22. The van der Waals surface area contributed by atoms with Crippen LogP contribution in [0.15, 0.2) is 43.2 Å². The van der Waals surface area contributed by atoms with Crippen LogP contribution in [0.5, 0.6) is 0 Å². The van der Waals surface area contributed by atoms with Crippen molar-refractivity contribution < 1.29 is 0 Å². The number of hydrogen-bond acceptors (Lipinski definition) is 3. The van der Waals surface area contributed by atoms with Gasteiger partial charge in [-0.1, -0.05) is 18.7 Å². The van der Waals surface area contributed by atoms with E-state index >= 15 is 0 Å². The van der Waals surface area contributed by atoms with Gasteiger partial charge in [0.2, 0.25) is 0 Å². The molecule has 0 fully saturated rings. The van der Waals surface area contributed by atoms with Crippen molar-refractivity contribution >= 4 is 11.9 Å². The molecule has 0 saturated carbocycles. The molecule has 84 valence electrons. The molecule has 0 bridgehead atoms. The Hall–Kier alpha value is -2.54. The highest BCUT2D eigenvalue weighted by Crippen LogP contribution is 2.14. The average molecular weight is 224 g/mol. The monoisotopic (exact) mass is 224 g/mol. The van der Waals surface area contributed by atoms with Crippen molar-refractivity contribution in [1.82, 2.24) is 9.78 Å². The van der Waals surface area contributed by atoms with Crippen LogP contribution in [0.25, 0.3) is 6.20 Å². The molecule has 1 N–H and O–H groups in total. The summed E-state index contributed by atoms with van der Waals surface area (Å²) in [6.45, 7) is 4.26. The van der Waals surface area contributed by atoms with E-state index in [1.807, 2.05) is 24.4 Å².